The van der Waals surface area contributed by atoms with Crippen molar-refractivity contribution >= 4 is 40.5 Å². The fraction of sp³-hybridized carbons (Fsp3) is 0.267. The van der Waals surface area contributed by atoms with Crippen molar-refractivity contribution in [2.24, 2.45) is 0 Å². The standard InChI is InChI=1S/C30H29N5O2S2/c36-35(37)23-13-17-25(18-14-23)39-24-15-11-22(12-16-24)34-29(28(32-30(34)38)26-9-4-5-19-31-26)27-10-6-20-33(27)21-7-2-1-3-8-21/h4-6,9-21,28-29H,1-3,7-8H2,(H,32,38)/t28-,29-/m1/s1. The van der Waals surface area contributed by atoms with Gasteiger partial charge in [0.25, 0.3) is 5.69 Å². The van der Waals surface area contributed by atoms with Crippen molar-refractivity contribution in [2.75, 3.05) is 4.90 Å². The first kappa shape index (κ1) is 25.6. The van der Waals surface area contributed by atoms with Gasteiger partial charge in [-0.3, -0.25) is 15.1 Å². The van der Waals surface area contributed by atoms with Crippen LogP contribution in [0.1, 0.15) is 61.6 Å². The maximum Gasteiger partial charge on any atom is 0.269 e. The lowest BCUT2D eigenvalue weighted by Crippen LogP contribution is -2.31. The molecule has 9 heteroatoms. The van der Waals surface area contributed by atoms with Crippen molar-refractivity contribution in [2.45, 2.75) is 60.0 Å². The van der Waals surface area contributed by atoms with E-state index in [1.165, 1.54) is 49.9 Å². The van der Waals surface area contributed by atoms with Crippen molar-refractivity contribution in [3.8, 4) is 0 Å². The summed E-state index contributed by atoms with van der Waals surface area (Å²) in [6.45, 7) is 0. The Bertz CT molecular complexity index is 1450. The second kappa shape index (κ2) is 11.2. The number of pyridine rings is 1. The number of aromatic nitrogens is 2. The van der Waals surface area contributed by atoms with Crippen LogP contribution < -0.4 is 10.2 Å². The summed E-state index contributed by atoms with van der Waals surface area (Å²) in [7, 11) is 0. The lowest BCUT2D eigenvalue weighted by Gasteiger charge is -2.32. The molecule has 0 amide bonds. The molecule has 1 N–H and O–H groups in total. The van der Waals surface area contributed by atoms with Crippen molar-refractivity contribution in [1.82, 2.24) is 14.9 Å². The summed E-state index contributed by atoms with van der Waals surface area (Å²) in [4.78, 5) is 19.5. The van der Waals surface area contributed by atoms with Crippen LogP contribution in [0.15, 0.2) is 101 Å². The molecule has 0 spiro atoms. The highest BCUT2D eigenvalue weighted by molar-refractivity contribution is 7.99. The van der Waals surface area contributed by atoms with Gasteiger partial charge in [0.15, 0.2) is 5.11 Å². The van der Waals surface area contributed by atoms with Crippen molar-refractivity contribution in [3.63, 3.8) is 0 Å². The van der Waals surface area contributed by atoms with Crippen LogP contribution in [0.25, 0.3) is 0 Å². The maximum absolute atomic E-state index is 11.0. The van der Waals surface area contributed by atoms with E-state index in [0.717, 1.165) is 21.2 Å². The molecule has 0 bridgehead atoms. The molecule has 2 aromatic carbocycles. The zero-order valence-electron chi connectivity index (χ0n) is 21.3. The smallest absolute Gasteiger partial charge is 0.269 e. The molecule has 39 heavy (non-hydrogen) atoms. The van der Waals surface area contributed by atoms with Crippen LogP contribution in [0, 0.1) is 10.1 Å². The molecule has 6 rings (SSSR count). The first-order valence-electron chi connectivity index (χ1n) is 13.3. The summed E-state index contributed by atoms with van der Waals surface area (Å²) < 4.78 is 2.47. The highest BCUT2D eigenvalue weighted by Gasteiger charge is 2.42. The van der Waals surface area contributed by atoms with E-state index in [1.54, 1.807) is 23.9 Å². The molecule has 2 aliphatic rings. The van der Waals surface area contributed by atoms with Crippen LogP contribution in [0.4, 0.5) is 11.4 Å². The molecule has 1 aliphatic heterocycles. The van der Waals surface area contributed by atoms with Crippen molar-refractivity contribution in [1.29, 1.82) is 0 Å². The molecule has 2 aromatic heterocycles. The average molecular weight is 556 g/mol. The van der Waals surface area contributed by atoms with Gasteiger partial charge < -0.3 is 14.8 Å². The fourth-order valence-electron chi connectivity index (χ4n) is 5.73. The number of nitro groups is 1. The number of nitro benzene ring substituents is 1. The van der Waals surface area contributed by atoms with E-state index in [-0.39, 0.29) is 22.7 Å². The SMILES string of the molecule is O=[N+]([O-])c1ccc(Sc2ccc(N3C(=S)N[C@H](c4ccccn4)[C@H]3c3cccn3C3CCCCC3)cc2)cc1. The Kier molecular flexibility index (Phi) is 7.34. The molecule has 1 saturated heterocycles. The topological polar surface area (TPSA) is 76.2 Å². The number of rotatable bonds is 7. The van der Waals surface area contributed by atoms with Gasteiger partial charge >= 0.3 is 0 Å². The zero-order chi connectivity index (χ0) is 26.8. The van der Waals surface area contributed by atoms with Crippen LogP contribution >= 0.6 is 24.0 Å². The van der Waals surface area contributed by atoms with Crippen LogP contribution in [0.5, 0.6) is 0 Å². The molecular formula is C30H29N5O2S2. The van der Waals surface area contributed by atoms with Gasteiger partial charge in [0.05, 0.1) is 16.7 Å². The van der Waals surface area contributed by atoms with E-state index in [9.17, 15) is 10.1 Å². The molecule has 1 aliphatic carbocycles. The number of nitrogens with zero attached hydrogens (tertiary/aromatic N) is 4. The maximum atomic E-state index is 11.0. The normalized spacial score (nSPS) is 19.7. The summed E-state index contributed by atoms with van der Waals surface area (Å²) in [5.41, 5.74) is 3.32. The summed E-state index contributed by atoms with van der Waals surface area (Å²) in [5, 5.41) is 15.2. The van der Waals surface area contributed by atoms with Crippen molar-refractivity contribution in [3.05, 3.63) is 113 Å². The number of non-ortho nitro benzene ring substituents is 1. The summed E-state index contributed by atoms with van der Waals surface area (Å²) in [6, 6.07) is 25.8. The van der Waals surface area contributed by atoms with Crippen molar-refractivity contribution < 1.29 is 4.92 Å². The first-order valence-corrected chi connectivity index (χ1v) is 14.5. The Balaban J connectivity index is 1.32. The second-order valence-corrected chi connectivity index (χ2v) is 11.5. The Hall–Kier alpha value is -3.69. The average Bonchev–Trinajstić information content (AvgIpc) is 3.59. The highest BCUT2D eigenvalue weighted by Crippen LogP contribution is 2.44. The predicted molar refractivity (Wildman–Crippen MR) is 158 cm³/mol. The van der Waals surface area contributed by atoms with Crippen LogP contribution in [0.3, 0.4) is 0 Å². The molecule has 4 aromatic rings. The number of anilines is 1. The van der Waals surface area contributed by atoms with E-state index in [1.807, 2.05) is 18.3 Å². The van der Waals surface area contributed by atoms with Gasteiger partial charge in [-0.25, -0.2) is 0 Å². The second-order valence-electron chi connectivity index (χ2n) is 9.98. The quantitative estimate of drug-likeness (QED) is 0.143. The van der Waals surface area contributed by atoms with Gasteiger partial charge in [-0.1, -0.05) is 37.1 Å². The molecule has 1 saturated carbocycles. The molecule has 7 nitrogen and oxygen atoms in total. The Morgan fingerprint density at radius 1 is 0.923 bits per heavy atom. The van der Waals surface area contributed by atoms with Gasteiger partial charge in [-0.2, -0.15) is 0 Å². The van der Waals surface area contributed by atoms with Gasteiger partial charge in [0.1, 0.15) is 6.04 Å². The van der Waals surface area contributed by atoms with Gasteiger partial charge in [-0.15, -0.1) is 0 Å². The fourth-order valence-corrected chi connectivity index (χ4v) is 6.89. The summed E-state index contributed by atoms with van der Waals surface area (Å²) in [6.07, 6.45) is 10.3. The van der Waals surface area contributed by atoms with E-state index in [2.05, 4.69) is 63.4 Å². The number of nitrogens with one attached hydrogen (secondary N) is 1. The van der Waals surface area contributed by atoms with E-state index >= 15 is 0 Å². The van der Waals surface area contributed by atoms with E-state index < -0.39 is 0 Å². The molecule has 2 atom stereocenters. The number of thiocarbonyl (C=S) groups is 1. The highest BCUT2D eigenvalue weighted by atomic mass is 32.2. The van der Waals surface area contributed by atoms with Crippen LogP contribution in [-0.4, -0.2) is 19.6 Å². The third kappa shape index (κ3) is 5.29. The molecule has 0 unspecified atom stereocenters. The lowest BCUT2D eigenvalue weighted by molar-refractivity contribution is -0.384. The molecule has 3 heterocycles. The van der Waals surface area contributed by atoms with E-state index in [4.69, 9.17) is 17.2 Å². The Morgan fingerprint density at radius 2 is 1.64 bits per heavy atom. The number of hydrogen-bond donors (Lipinski definition) is 1. The van der Waals surface area contributed by atoms with Gasteiger partial charge in [0.2, 0.25) is 0 Å². The molecular weight excluding hydrogens is 526 g/mol. The minimum Gasteiger partial charge on any atom is -0.351 e. The molecule has 0 radical (unpaired) electrons. The minimum atomic E-state index is -0.379. The van der Waals surface area contributed by atoms with E-state index in [0.29, 0.717) is 11.2 Å². The Morgan fingerprint density at radius 3 is 2.31 bits per heavy atom. The summed E-state index contributed by atoms with van der Waals surface area (Å²) >= 11 is 7.51. The first-order chi connectivity index (χ1) is 19.1. The van der Waals surface area contributed by atoms with Gasteiger partial charge in [0, 0.05) is 51.7 Å². The zero-order valence-corrected chi connectivity index (χ0v) is 23.0. The lowest BCUT2D eigenvalue weighted by atomic mass is 9.94. The molecule has 198 valence electrons. The Labute approximate surface area is 237 Å². The van der Waals surface area contributed by atoms with Gasteiger partial charge in [-0.05, 0) is 85.7 Å². The molecule has 2 fully saturated rings. The predicted octanol–water partition coefficient (Wildman–Crippen LogP) is 7.62. The number of hydrogen-bond acceptors (Lipinski definition) is 5. The third-order valence-electron chi connectivity index (χ3n) is 7.58. The third-order valence-corrected chi connectivity index (χ3v) is 8.91. The number of benzene rings is 2. The van der Waals surface area contributed by atoms with Crippen LogP contribution in [0.2, 0.25) is 0 Å². The minimum absolute atomic E-state index is 0.0440. The summed E-state index contributed by atoms with van der Waals surface area (Å²) in [5.74, 6) is 0. The van der Waals surface area contributed by atoms with Crippen LogP contribution in [-0.2, 0) is 0 Å². The monoisotopic (exact) mass is 555 g/mol. The largest absolute Gasteiger partial charge is 0.351 e.